The number of rotatable bonds is 2. The highest BCUT2D eigenvalue weighted by molar-refractivity contribution is 6.65. The summed E-state index contributed by atoms with van der Waals surface area (Å²) < 4.78 is 0. The first-order valence-corrected chi connectivity index (χ1v) is 3.90. The largest absolute Gasteiger partial charge is 0.317 e. The van der Waals surface area contributed by atoms with E-state index in [2.05, 4.69) is 0 Å². The van der Waals surface area contributed by atoms with Crippen LogP contribution in [0.4, 0.5) is 0 Å². The Labute approximate surface area is 82.9 Å². The van der Waals surface area contributed by atoms with Crippen LogP contribution in [-0.2, 0) is 4.79 Å². The molecular weight excluding hydrogens is 197 g/mol. The molecule has 0 heterocycles. The second-order valence-corrected chi connectivity index (χ2v) is 2.86. The van der Waals surface area contributed by atoms with Gasteiger partial charge in [-0.2, -0.15) is 0 Å². The van der Waals surface area contributed by atoms with Crippen LogP contribution in [0.5, 0.6) is 0 Å². The molecule has 0 saturated carbocycles. The van der Waals surface area contributed by atoms with Crippen LogP contribution in [-0.4, -0.2) is 11.3 Å². The van der Waals surface area contributed by atoms with Gasteiger partial charge in [-0.3, -0.25) is 4.79 Å². The van der Waals surface area contributed by atoms with Crippen molar-refractivity contribution in [1.29, 1.82) is 0 Å². The molecule has 0 aromatic heterocycles. The third-order valence-electron chi connectivity index (χ3n) is 1.69. The highest BCUT2D eigenvalue weighted by Crippen LogP contribution is 2.15. The maximum Gasteiger partial charge on any atom is 0.242 e. The molecule has 0 fully saturated rings. The summed E-state index contributed by atoms with van der Waals surface area (Å²) in [4.78, 5) is 10.6. The molecule has 1 unspecified atom stereocenters. The fourth-order valence-electron chi connectivity index (χ4n) is 1.03. The molecule has 0 amide bonds. The van der Waals surface area contributed by atoms with E-state index < -0.39 is 11.3 Å². The van der Waals surface area contributed by atoms with E-state index in [0.717, 1.165) is 18.4 Å². The van der Waals surface area contributed by atoms with Crippen molar-refractivity contribution in [3.8, 4) is 0 Å². The summed E-state index contributed by atoms with van der Waals surface area (Å²) in [5.74, 6) is 0. The average molecular weight is 208 g/mol. The van der Waals surface area contributed by atoms with Gasteiger partial charge in [0.2, 0.25) is 5.24 Å². The Morgan fingerprint density at radius 3 is 2.75 bits per heavy atom. The third kappa shape index (κ3) is 2.97. The molecule has 0 spiro atoms. The van der Waals surface area contributed by atoms with E-state index in [9.17, 15) is 4.79 Å². The van der Waals surface area contributed by atoms with Crippen LogP contribution < -0.4 is 5.73 Å². The maximum atomic E-state index is 10.6. The van der Waals surface area contributed by atoms with Crippen molar-refractivity contribution in [3.63, 3.8) is 0 Å². The lowest BCUT2D eigenvalue weighted by Gasteiger charge is -2.12. The number of allylic oxidation sites excluding steroid dienone is 3. The van der Waals surface area contributed by atoms with Crippen LogP contribution in [0.15, 0.2) is 23.8 Å². The minimum absolute atomic E-state index is 0. The molecular formula is C8H11Cl2NO. The van der Waals surface area contributed by atoms with Crippen LogP contribution in [0.2, 0.25) is 0 Å². The lowest BCUT2D eigenvalue weighted by atomic mass is 9.99. The molecule has 1 atom stereocenters. The molecule has 0 saturated heterocycles. The quantitative estimate of drug-likeness (QED) is 0.703. The molecule has 0 aromatic rings. The summed E-state index contributed by atoms with van der Waals surface area (Å²) in [6.45, 7) is 0. The fraction of sp³-hybridized carbons (Fsp3) is 0.375. The van der Waals surface area contributed by atoms with E-state index in [1.807, 2.05) is 18.2 Å². The summed E-state index contributed by atoms with van der Waals surface area (Å²) in [5.41, 5.74) is 6.43. The molecule has 0 aromatic carbocycles. The topological polar surface area (TPSA) is 43.1 Å². The van der Waals surface area contributed by atoms with Crippen molar-refractivity contribution in [2.45, 2.75) is 18.9 Å². The summed E-state index contributed by atoms with van der Waals surface area (Å²) >= 11 is 5.23. The Kier molecular flexibility index (Phi) is 5.22. The highest BCUT2D eigenvalue weighted by Gasteiger charge is 2.15. The second kappa shape index (κ2) is 5.36. The summed E-state index contributed by atoms with van der Waals surface area (Å²) in [6, 6.07) is -0.610. The molecule has 0 radical (unpaired) electrons. The van der Waals surface area contributed by atoms with Gasteiger partial charge in [0.05, 0.1) is 0 Å². The van der Waals surface area contributed by atoms with E-state index in [1.54, 1.807) is 0 Å². The minimum atomic E-state index is -0.610. The number of carbonyl (C=O) groups is 1. The first kappa shape index (κ1) is 11.7. The van der Waals surface area contributed by atoms with Crippen molar-refractivity contribution in [3.05, 3.63) is 23.8 Å². The van der Waals surface area contributed by atoms with E-state index in [0.29, 0.717) is 0 Å². The van der Waals surface area contributed by atoms with E-state index in [-0.39, 0.29) is 12.4 Å². The van der Waals surface area contributed by atoms with Crippen LogP contribution in [0.1, 0.15) is 12.8 Å². The van der Waals surface area contributed by atoms with Crippen LogP contribution in [0.25, 0.3) is 0 Å². The first-order valence-electron chi connectivity index (χ1n) is 3.52. The zero-order valence-corrected chi connectivity index (χ0v) is 8.07. The van der Waals surface area contributed by atoms with E-state index in [4.69, 9.17) is 17.3 Å². The summed E-state index contributed by atoms with van der Waals surface area (Å²) in [7, 11) is 0. The fourth-order valence-corrected chi connectivity index (χ4v) is 1.17. The highest BCUT2D eigenvalue weighted by atomic mass is 35.5. The molecule has 12 heavy (non-hydrogen) atoms. The molecule has 2 nitrogen and oxygen atoms in total. The molecule has 2 N–H and O–H groups in total. The van der Waals surface area contributed by atoms with Crippen molar-refractivity contribution in [2.24, 2.45) is 5.73 Å². The number of hydrogen-bond donors (Lipinski definition) is 1. The van der Waals surface area contributed by atoms with Gasteiger partial charge in [-0.25, -0.2) is 0 Å². The second-order valence-electron chi connectivity index (χ2n) is 2.49. The van der Waals surface area contributed by atoms with Gasteiger partial charge in [0, 0.05) is 0 Å². The Morgan fingerprint density at radius 2 is 2.33 bits per heavy atom. The van der Waals surface area contributed by atoms with E-state index in [1.165, 1.54) is 0 Å². The molecule has 1 aliphatic carbocycles. The van der Waals surface area contributed by atoms with Gasteiger partial charge in [-0.1, -0.05) is 18.2 Å². The zero-order valence-electron chi connectivity index (χ0n) is 6.50. The zero-order chi connectivity index (χ0) is 8.27. The van der Waals surface area contributed by atoms with Gasteiger partial charge >= 0.3 is 0 Å². The number of carbonyl (C=O) groups excluding carboxylic acids is 1. The normalized spacial score (nSPS) is 17.7. The van der Waals surface area contributed by atoms with Crippen molar-refractivity contribution in [2.75, 3.05) is 0 Å². The van der Waals surface area contributed by atoms with Crippen molar-refractivity contribution >= 4 is 29.3 Å². The Bertz CT molecular complexity index is 223. The SMILES string of the molecule is Cl.NC(C(=O)Cl)C1=CC=CCC1. The lowest BCUT2D eigenvalue weighted by molar-refractivity contribution is -0.112. The molecule has 0 bridgehead atoms. The number of halogens is 2. The lowest BCUT2D eigenvalue weighted by Crippen LogP contribution is -2.29. The van der Waals surface area contributed by atoms with Crippen molar-refractivity contribution in [1.82, 2.24) is 0 Å². The Morgan fingerprint density at radius 1 is 1.67 bits per heavy atom. The predicted octanol–water partition coefficient (Wildman–Crippen LogP) is 1.78. The van der Waals surface area contributed by atoms with Crippen molar-refractivity contribution < 1.29 is 4.79 Å². The molecule has 4 heteroatoms. The molecule has 68 valence electrons. The number of nitrogens with two attached hydrogens (primary N) is 1. The van der Waals surface area contributed by atoms with Crippen LogP contribution >= 0.6 is 24.0 Å². The Balaban J connectivity index is 0.00000121. The van der Waals surface area contributed by atoms with Gasteiger partial charge in [0.25, 0.3) is 0 Å². The standard InChI is InChI=1S/C8H10ClNO.ClH/c9-8(11)7(10)6-4-2-1-3-5-6;/h1-2,4,7H,3,5,10H2;1H. The minimum Gasteiger partial charge on any atom is -0.317 e. The van der Waals surface area contributed by atoms with Crippen LogP contribution in [0, 0.1) is 0 Å². The summed E-state index contributed by atoms with van der Waals surface area (Å²) in [5, 5.41) is -0.480. The number of hydrogen-bond acceptors (Lipinski definition) is 2. The maximum absolute atomic E-state index is 10.6. The van der Waals surface area contributed by atoms with Gasteiger partial charge in [0.1, 0.15) is 6.04 Å². The first-order chi connectivity index (χ1) is 5.22. The summed E-state index contributed by atoms with van der Waals surface area (Å²) in [6.07, 6.45) is 7.59. The average Bonchev–Trinajstić information content (AvgIpc) is 2.05. The van der Waals surface area contributed by atoms with Crippen LogP contribution in [0.3, 0.4) is 0 Å². The monoisotopic (exact) mass is 207 g/mol. The van der Waals surface area contributed by atoms with Gasteiger partial charge in [-0.15, -0.1) is 12.4 Å². The molecule has 0 aliphatic heterocycles. The molecule has 1 rings (SSSR count). The van der Waals surface area contributed by atoms with E-state index >= 15 is 0 Å². The third-order valence-corrected chi connectivity index (χ3v) is 1.93. The van der Waals surface area contributed by atoms with Gasteiger partial charge in [0.15, 0.2) is 0 Å². The Hall–Kier alpha value is -0.310. The van der Waals surface area contributed by atoms with Gasteiger partial charge in [-0.05, 0) is 30.0 Å². The molecule has 1 aliphatic rings. The smallest absolute Gasteiger partial charge is 0.242 e. The van der Waals surface area contributed by atoms with Gasteiger partial charge < -0.3 is 5.73 Å². The predicted molar refractivity (Wildman–Crippen MR) is 52.5 cm³/mol.